The Morgan fingerprint density at radius 3 is 3.05 bits per heavy atom. The minimum Gasteiger partial charge on any atom is -0.319 e. The molecular weight excluding hydrogens is 285 g/mol. The summed E-state index contributed by atoms with van der Waals surface area (Å²) in [5.41, 5.74) is 3.04. The first-order valence-corrected chi connectivity index (χ1v) is 8.09. The van der Waals surface area contributed by atoms with Gasteiger partial charge in [-0.2, -0.15) is 0 Å². The lowest BCUT2D eigenvalue weighted by Crippen LogP contribution is -2.17. The predicted molar refractivity (Wildman–Crippen MR) is 84.6 cm³/mol. The number of carbonyl (C=O) groups is 1. The van der Waals surface area contributed by atoms with E-state index in [0.717, 1.165) is 30.4 Å². The standard InChI is InChI=1S/C17H18FNOS/c1-10-4-6-14(18)15(7-10)19-17(20)13-9-21-16-8-11(2)3-5-12(13)16/h4,6-7,9,11H,3,5,8H2,1-2H3,(H,19,20). The molecule has 21 heavy (non-hydrogen) atoms. The molecule has 3 rings (SSSR count). The van der Waals surface area contributed by atoms with Gasteiger partial charge in [0.1, 0.15) is 5.82 Å². The van der Waals surface area contributed by atoms with Crippen LogP contribution in [0.3, 0.4) is 0 Å². The number of anilines is 1. The number of rotatable bonds is 2. The predicted octanol–water partition coefficient (Wildman–Crippen LogP) is 4.57. The first-order valence-electron chi connectivity index (χ1n) is 7.21. The normalized spacial score (nSPS) is 17.4. The second-order valence-electron chi connectivity index (χ2n) is 5.84. The van der Waals surface area contributed by atoms with Crippen molar-refractivity contribution >= 4 is 22.9 Å². The minimum absolute atomic E-state index is 0.202. The molecule has 110 valence electrons. The summed E-state index contributed by atoms with van der Waals surface area (Å²) in [5, 5.41) is 4.62. The van der Waals surface area contributed by atoms with Gasteiger partial charge in [-0.15, -0.1) is 11.3 Å². The summed E-state index contributed by atoms with van der Waals surface area (Å²) in [6, 6.07) is 4.74. The number of benzene rings is 1. The molecule has 1 amide bonds. The van der Waals surface area contributed by atoms with Gasteiger partial charge in [0.25, 0.3) is 5.91 Å². The second kappa shape index (κ2) is 5.60. The smallest absolute Gasteiger partial charge is 0.256 e. The molecule has 1 aliphatic carbocycles. The van der Waals surface area contributed by atoms with Crippen molar-refractivity contribution in [3.8, 4) is 0 Å². The molecule has 2 nitrogen and oxygen atoms in total. The molecule has 2 aromatic rings. The molecule has 0 fully saturated rings. The number of amides is 1. The maximum Gasteiger partial charge on any atom is 0.256 e. The van der Waals surface area contributed by atoms with E-state index in [0.29, 0.717) is 11.5 Å². The van der Waals surface area contributed by atoms with Gasteiger partial charge in [-0.05, 0) is 55.4 Å². The van der Waals surface area contributed by atoms with Crippen LogP contribution in [0.25, 0.3) is 0 Å². The monoisotopic (exact) mass is 303 g/mol. The van der Waals surface area contributed by atoms with Crippen molar-refractivity contribution in [1.29, 1.82) is 0 Å². The molecule has 4 heteroatoms. The average Bonchev–Trinajstić information content (AvgIpc) is 2.85. The summed E-state index contributed by atoms with van der Waals surface area (Å²) in [6.45, 7) is 4.12. The second-order valence-corrected chi connectivity index (χ2v) is 6.80. The Balaban J connectivity index is 1.85. The number of nitrogens with one attached hydrogen (secondary N) is 1. The van der Waals surface area contributed by atoms with Crippen LogP contribution in [0, 0.1) is 18.7 Å². The Labute approximate surface area is 128 Å². The molecule has 0 radical (unpaired) electrons. The zero-order chi connectivity index (χ0) is 15.0. The van der Waals surface area contributed by atoms with Crippen molar-refractivity contribution < 1.29 is 9.18 Å². The van der Waals surface area contributed by atoms with Crippen LogP contribution in [0.2, 0.25) is 0 Å². The van der Waals surface area contributed by atoms with Crippen molar-refractivity contribution in [2.45, 2.75) is 33.1 Å². The summed E-state index contributed by atoms with van der Waals surface area (Å²) in [6.07, 6.45) is 3.11. The maximum absolute atomic E-state index is 13.7. The quantitative estimate of drug-likeness (QED) is 0.865. The number of thiophene rings is 1. The third-order valence-electron chi connectivity index (χ3n) is 4.02. The van der Waals surface area contributed by atoms with Gasteiger partial charge < -0.3 is 5.32 Å². The van der Waals surface area contributed by atoms with Crippen LogP contribution in [0.1, 0.15) is 39.7 Å². The van der Waals surface area contributed by atoms with E-state index < -0.39 is 5.82 Å². The summed E-state index contributed by atoms with van der Waals surface area (Å²) >= 11 is 1.65. The van der Waals surface area contributed by atoms with Crippen LogP contribution in [0.4, 0.5) is 10.1 Å². The summed E-state index contributed by atoms with van der Waals surface area (Å²) < 4.78 is 13.7. The van der Waals surface area contributed by atoms with Crippen molar-refractivity contribution in [2.75, 3.05) is 5.32 Å². The van der Waals surface area contributed by atoms with Gasteiger partial charge in [0, 0.05) is 10.3 Å². The molecule has 1 atom stereocenters. The molecule has 0 saturated heterocycles. The van der Waals surface area contributed by atoms with E-state index in [1.807, 2.05) is 12.3 Å². The molecule has 0 aliphatic heterocycles. The highest BCUT2D eigenvalue weighted by molar-refractivity contribution is 7.10. The topological polar surface area (TPSA) is 29.1 Å². The molecule has 1 aromatic heterocycles. The van der Waals surface area contributed by atoms with Crippen molar-refractivity contribution in [1.82, 2.24) is 0 Å². The fourth-order valence-electron chi connectivity index (χ4n) is 2.79. The highest BCUT2D eigenvalue weighted by Gasteiger charge is 2.23. The third-order valence-corrected chi connectivity index (χ3v) is 5.07. The van der Waals surface area contributed by atoms with Crippen molar-refractivity contribution in [2.24, 2.45) is 5.92 Å². The Kier molecular flexibility index (Phi) is 3.81. The lowest BCUT2D eigenvalue weighted by molar-refractivity contribution is 0.102. The molecule has 0 spiro atoms. The molecule has 1 N–H and O–H groups in total. The van der Waals surface area contributed by atoms with E-state index in [9.17, 15) is 9.18 Å². The van der Waals surface area contributed by atoms with Gasteiger partial charge in [-0.25, -0.2) is 4.39 Å². The van der Waals surface area contributed by atoms with Gasteiger partial charge in [0.15, 0.2) is 0 Å². The Hall–Kier alpha value is -1.68. The van der Waals surface area contributed by atoms with Crippen LogP contribution >= 0.6 is 11.3 Å². The highest BCUT2D eigenvalue weighted by atomic mass is 32.1. The number of hydrogen-bond acceptors (Lipinski definition) is 2. The first-order chi connectivity index (χ1) is 10.0. The molecule has 0 bridgehead atoms. The van der Waals surface area contributed by atoms with Crippen LogP contribution in [-0.4, -0.2) is 5.91 Å². The molecule has 1 aliphatic rings. The number of fused-ring (bicyclic) bond motifs is 1. The van der Waals surface area contributed by atoms with Crippen molar-refractivity contribution in [3.05, 3.63) is 51.0 Å². The van der Waals surface area contributed by atoms with E-state index in [1.165, 1.54) is 10.9 Å². The summed E-state index contributed by atoms with van der Waals surface area (Å²) in [5.74, 6) is 0.0829. The van der Waals surface area contributed by atoms with Gasteiger partial charge >= 0.3 is 0 Å². The minimum atomic E-state index is -0.397. The fourth-order valence-corrected chi connectivity index (χ4v) is 4.04. The zero-order valence-corrected chi connectivity index (χ0v) is 13.0. The van der Waals surface area contributed by atoms with E-state index in [-0.39, 0.29) is 11.6 Å². The number of carbonyl (C=O) groups excluding carboxylic acids is 1. The molecule has 1 heterocycles. The molecule has 0 saturated carbocycles. The summed E-state index contributed by atoms with van der Waals surface area (Å²) in [7, 11) is 0. The average molecular weight is 303 g/mol. The lowest BCUT2D eigenvalue weighted by Gasteiger charge is -2.18. The Bertz CT molecular complexity index is 692. The van der Waals surface area contributed by atoms with E-state index in [4.69, 9.17) is 0 Å². The number of hydrogen-bond donors (Lipinski definition) is 1. The first kappa shape index (κ1) is 14.3. The summed E-state index contributed by atoms with van der Waals surface area (Å²) in [4.78, 5) is 13.7. The number of aryl methyl sites for hydroxylation is 1. The van der Waals surface area contributed by atoms with Crippen LogP contribution in [-0.2, 0) is 12.8 Å². The lowest BCUT2D eigenvalue weighted by atomic mass is 9.88. The third kappa shape index (κ3) is 2.86. The zero-order valence-electron chi connectivity index (χ0n) is 12.2. The van der Waals surface area contributed by atoms with Gasteiger partial charge in [0.2, 0.25) is 0 Å². The molecule has 1 unspecified atom stereocenters. The molecule has 1 aromatic carbocycles. The highest BCUT2D eigenvalue weighted by Crippen LogP contribution is 2.33. The molecular formula is C17H18FNOS. The SMILES string of the molecule is Cc1ccc(F)c(NC(=O)c2csc3c2CCC(C)C3)c1. The van der Waals surface area contributed by atoms with E-state index in [1.54, 1.807) is 23.5 Å². The maximum atomic E-state index is 13.7. The van der Waals surface area contributed by atoms with Crippen LogP contribution in [0.5, 0.6) is 0 Å². The van der Waals surface area contributed by atoms with Gasteiger partial charge in [-0.3, -0.25) is 4.79 Å². The Morgan fingerprint density at radius 1 is 1.43 bits per heavy atom. The van der Waals surface area contributed by atoms with Crippen LogP contribution in [0.15, 0.2) is 23.6 Å². The van der Waals surface area contributed by atoms with Crippen LogP contribution < -0.4 is 5.32 Å². The van der Waals surface area contributed by atoms with Gasteiger partial charge in [-0.1, -0.05) is 13.0 Å². The van der Waals surface area contributed by atoms with Gasteiger partial charge in [0.05, 0.1) is 11.3 Å². The Morgan fingerprint density at radius 2 is 2.24 bits per heavy atom. The van der Waals surface area contributed by atoms with Crippen molar-refractivity contribution in [3.63, 3.8) is 0 Å². The van der Waals surface area contributed by atoms with E-state index >= 15 is 0 Å². The largest absolute Gasteiger partial charge is 0.319 e. The number of halogens is 1. The fraction of sp³-hybridized carbons (Fsp3) is 0.353. The van der Waals surface area contributed by atoms with E-state index in [2.05, 4.69) is 12.2 Å².